The highest BCUT2D eigenvalue weighted by Gasteiger charge is 2.41. The van der Waals surface area contributed by atoms with Crippen LogP contribution in [0.15, 0.2) is 132 Å². The number of rotatable bonds is 5. The average Bonchev–Trinajstić information content (AvgIpc) is 3.16. The van der Waals surface area contributed by atoms with Crippen molar-refractivity contribution >= 4 is 11.4 Å². The van der Waals surface area contributed by atoms with E-state index in [1.807, 2.05) is 12.2 Å². The standard InChI is InChI=1S/C42H41N/c1-42(2,3)33-24-28-36(29-25-33)43(34-12-6-4-7-13-34)35-26-22-31(23-27-35)30-18-20-32(21-19-30)41-39-16-9-5-8-14-37(39)38-15-10-11-17-40(38)41/h4,6,10-12,15,17-29,37,39,41H,5,8-9,14,16H2,1-3H3. The number of allylic oxidation sites excluding steroid dienone is 3. The van der Waals surface area contributed by atoms with Gasteiger partial charge in [-0.15, -0.1) is 0 Å². The molecule has 3 unspecified atom stereocenters. The molecule has 214 valence electrons. The summed E-state index contributed by atoms with van der Waals surface area (Å²) >= 11 is 0. The van der Waals surface area contributed by atoms with Gasteiger partial charge >= 0.3 is 0 Å². The lowest BCUT2D eigenvalue weighted by Crippen LogP contribution is -2.16. The molecule has 0 N–H and O–H groups in total. The van der Waals surface area contributed by atoms with Crippen LogP contribution < -0.4 is 4.90 Å². The fourth-order valence-corrected chi connectivity index (χ4v) is 7.61. The van der Waals surface area contributed by atoms with Crippen LogP contribution in [0.25, 0.3) is 11.1 Å². The van der Waals surface area contributed by atoms with Crippen molar-refractivity contribution in [1.82, 2.24) is 0 Å². The molecule has 1 fully saturated rings. The van der Waals surface area contributed by atoms with E-state index in [1.54, 1.807) is 11.1 Å². The summed E-state index contributed by atoms with van der Waals surface area (Å²) < 4.78 is 0. The second-order valence-electron chi connectivity index (χ2n) is 13.5. The van der Waals surface area contributed by atoms with E-state index >= 15 is 0 Å². The number of anilines is 2. The second kappa shape index (κ2) is 11.4. The van der Waals surface area contributed by atoms with Crippen LogP contribution in [0.3, 0.4) is 0 Å². The van der Waals surface area contributed by atoms with Crippen LogP contribution in [0, 0.1) is 5.92 Å². The minimum Gasteiger partial charge on any atom is -0.303 e. The van der Waals surface area contributed by atoms with Crippen molar-refractivity contribution in [3.8, 4) is 11.1 Å². The quantitative estimate of drug-likeness (QED) is 0.220. The Morgan fingerprint density at radius 1 is 0.674 bits per heavy atom. The number of fused-ring (bicyclic) bond motifs is 3. The van der Waals surface area contributed by atoms with Gasteiger partial charge in [-0.25, -0.2) is 0 Å². The molecule has 4 aromatic carbocycles. The van der Waals surface area contributed by atoms with Crippen molar-refractivity contribution in [3.05, 3.63) is 155 Å². The summed E-state index contributed by atoms with van der Waals surface area (Å²) in [5, 5.41) is 0. The minimum absolute atomic E-state index is 0.117. The van der Waals surface area contributed by atoms with Crippen molar-refractivity contribution in [2.24, 2.45) is 5.92 Å². The molecule has 0 aromatic heterocycles. The Bertz CT molecular complexity index is 1730. The van der Waals surface area contributed by atoms with Crippen molar-refractivity contribution in [2.75, 3.05) is 4.90 Å². The third-order valence-corrected chi connectivity index (χ3v) is 9.82. The van der Waals surface area contributed by atoms with Crippen molar-refractivity contribution < 1.29 is 0 Å². The van der Waals surface area contributed by atoms with Gasteiger partial charge in [0.1, 0.15) is 0 Å². The fraction of sp³-hybridized carbons (Fsp3) is 0.286. The largest absolute Gasteiger partial charge is 0.303 e. The van der Waals surface area contributed by atoms with Gasteiger partial charge in [-0.05, 0) is 106 Å². The van der Waals surface area contributed by atoms with Gasteiger partial charge < -0.3 is 4.90 Å². The second-order valence-corrected chi connectivity index (χ2v) is 13.5. The number of hydrogen-bond donors (Lipinski definition) is 0. The van der Waals surface area contributed by atoms with Crippen LogP contribution in [0.5, 0.6) is 0 Å². The smallest absolute Gasteiger partial charge is 0.0973 e. The molecule has 0 amide bonds. The predicted octanol–water partition coefficient (Wildman–Crippen LogP) is 11.4. The van der Waals surface area contributed by atoms with Crippen molar-refractivity contribution in [2.45, 2.75) is 70.1 Å². The molecule has 3 aliphatic rings. The van der Waals surface area contributed by atoms with Gasteiger partial charge in [0.05, 0.1) is 5.70 Å². The number of hydrogen-bond acceptors (Lipinski definition) is 1. The molecule has 1 saturated carbocycles. The molecular formula is C42H41N. The molecule has 4 aromatic rings. The van der Waals surface area contributed by atoms with Gasteiger partial charge in [-0.1, -0.05) is 125 Å². The lowest BCUT2D eigenvalue weighted by Gasteiger charge is -2.27. The molecule has 0 radical (unpaired) electrons. The summed E-state index contributed by atoms with van der Waals surface area (Å²) in [6.45, 7) is 6.77. The molecular weight excluding hydrogens is 518 g/mol. The highest BCUT2D eigenvalue weighted by molar-refractivity contribution is 5.74. The van der Waals surface area contributed by atoms with E-state index in [4.69, 9.17) is 0 Å². The van der Waals surface area contributed by atoms with Gasteiger partial charge in [0, 0.05) is 17.3 Å². The fourth-order valence-electron chi connectivity index (χ4n) is 7.61. The van der Waals surface area contributed by atoms with Crippen LogP contribution in [0.1, 0.15) is 87.0 Å². The van der Waals surface area contributed by atoms with E-state index in [-0.39, 0.29) is 5.41 Å². The first kappa shape index (κ1) is 27.5. The molecule has 7 rings (SSSR count). The first-order chi connectivity index (χ1) is 21.0. The molecule has 0 aliphatic heterocycles. The Hall–Kier alpha value is -4.28. The van der Waals surface area contributed by atoms with Crippen LogP contribution in [-0.4, -0.2) is 0 Å². The zero-order valence-electron chi connectivity index (χ0n) is 25.7. The lowest BCUT2D eigenvalue weighted by atomic mass is 9.79. The molecule has 43 heavy (non-hydrogen) atoms. The van der Waals surface area contributed by atoms with Gasteiger partial charge in [0.25, 0.3) is 0 Å². The van der Waals surface area contributed by atoms with Crippen LogP contribution >= 0.6 is 0 Å². The molecule has 0 spiro atoms. The summed E-state index contributed by atoms with van der Waals surface area (Å²) in [5.74, 6) is 1.98. The summed E-state index contributed by atoms with van der Waals surface area (Å²) in [4.78, 5) is 2.26. The molecule has 3 atom stereocenters. The summed E-state index contributed by atoms with van der Waals surface area (Å²) in [7, 11) is 0. The maximum atomic E-state index is 3.32. The molecule has 0 bridgehead atoms. The third kappa shape index (κ3) is 5.36. The first-order valence-electron chi connectivity index (χ1n) is 16.1. The Morgan fingerprint density at radius 2 is 1.30 bits per heavy atom. The van der Waals surface area contributed by atoms with E-state index in [9.17, 15) is 0 Å². The zero-order chi connectivity index (χ0) is 29.4. The topological polar surface area (TPSA) is 3.24 Å². The summed E-state index contributed by atoms with van der Waals surface area (Å²) in [5.41, 5.74) is 18.3. The minimum atomic E-state index is 0.117. The van der Waals surface area contributed by atoms with Gasteiger partial charge in [-0.2, -0.15) is 0 Å². The molecule has 1 nitrogen and oxygen atoms in total. The van der Waals surface area contributed by atoms with E-state index < -0.39 is 0 Å². The Morgan fingerprint density at radius 3 is 1.95 bits per heavy atom. The zero-order valence-corrected chi connectivity index (χ0v) is 25.7. The first-order valence-corrected chi connectivity index (χ1v) is 16.1. The van der Waals surface area contributed by atoms with E-state index in [1.165, 1.54) is 54.4 Å². The summed E-state index contributed by atoms with van der Waals surface area (Å²) in [6.07, 6.45) is 12.8. The maximum Gasteiger partial charge on any atom is 0.0973 e. The average molecular weight is 560 g/mol. The number of benzene rings is 4. The normalized spacial score (nSPS) is 20.7. The van der Waals surface area contributed by atoms with Crippen molar-refractivity contribution in [3.63, 3.8) is 0 Å². The molecule has 3 aliphatic carbocycles. The Kier molecular flexibility index (Phi) is 7.32. The molecule has 0 heterocycles. The molecule has 0 saturated heterocycles. The Labute approximate surface area is 257 Å². The van der Waals surface area contributed by atoms with Crippen LogP contribution in [0.4, 0.5) is 11.4 Å². The number of nitrogens with zero attached hydrogens (tertiary/aromatic N) is 1. The van der Waals surface area contributed by atoms with Gasteiger partial charge in [0.15, 0.2) is 0 Å². The lowest BCUT2D eigenvalue weighted by molar-refractivity contribution is 0.396. The highest BCUT2D eigenvalue weighted by atomic mass is 15.1. The predicted molar refractivity (Wildman–Crippen MR) is 181 cm³/mol. The van der Waals surface area contributed by atoms with Gasteiger partial charge in [-0.3, -0.25) is 0 Å². The van der Waals surface area contributed by atoms with E-state index in [2.05, 4.69) is 140 Å². The Balaban J connectivity index is 1.17. The summed E-state index contributed by atoms with van der Waals surface area (Å²) in [6, 6.07) is 36.6. The van der Waals surface area contributed by atoms with Crippen molar-refractivity contribution in [1.29, 1.82) is 0 Å². The monoisotopic (exact) mass is 559 g/mol. The highest BCUT2D eigenvalue weighted by Crippen LogP contribution is 2.54. The third-order valence-electron chi connectivity index (χ3n) is 9.82. The SMILES string of the molecule is CC(C)(C)c1ccc(N(C2=C=C=CC=C2)c2ccc(-c3ccc(C4c5ccccc5C5CCCCCC54)cc3)cc2)cc1. The maximum absolute atomic E-state index is 3.32. The van der Waals surface area contributed by atoms with E-state index in [0.717, 1.165) is 28.9 Å². The molecule has 1 heteroatoms. The van der Waals surface area contributed by atoms with Crippen LogP contribution in [-0.2, 0) is 5.41 Å². The van der Waals surface area contributed by atoms with Gasteiger partial charge in [0.2, 0.25) is 0 Å². The van der Waals surface area contributed by atoms with E-state index in [0.29, 0.717) is 5.92 Å². The van der Waals surface area contributed by atoms with Crippen LogP contribution in [0.2, 0.25) is 0 Å².